The molecule has 0 spiro atoms. The van der Waals surface area contributed by atoms with Crippen molar-refractivity contribution in [3.8, 4) is 0 Å². The predicted octanol–water partition coefficient (Wildman–Crippen LogP) is 2.26. The number of hydrogen-bond donors (Lipinski definition) is 1. The van der Waals surface area contributed by atoms with Crippen LogP contribution in [0, 0.1) is 0 Å². The normalized spacial score (nSPS) is 34.3. The van der Waals surface area contributed by atoms with E-state index < -0.39 is 8.32 Å². The minimum Gasteiger partial charge on any atom is -0.406 e. The average molecular weight is 162 g/mol. The van der Waals surface area contributed by atoms with Crippen molar-refractivity contribution in [1.82, 2.24) is 0 Å². The molecule has 0 aliphatic carbocycles. The van der Waals surface area contributed by atoms with E-state index in [1.807, 2.05) is 0 Å². The van der Waals surface area contributed by atoms with Crippen molar-refractivity contribution in [2.24, 2.45) is 0 Å². The summed E-state index contributed by atoms with van der Waals surface area (Å²) in [6, 6.07) is 1.31. The summed E-state index contributed by atoms with van der Waals surface area (Å²) in [6.07, 6.45) is 2.45. The van der Waals surface area contributed by atoms with Crippen molar-refractivity contribution in [3.63, 3.8) is 0 Å². The maximum atomic E-state index is 5.68. The molecule has 1 fully saturated rings. The van der Waals surface area contributed by atoms with Gasteiger partial charge in [0.1, 0.15) is 0 Å². The predicted molar refractivity (Wildman–Crippen MR) is 45.4 cm³/mol. The van der Waals surface area contributed by atoms with E-state index in [0.29, 0.717) is 0 Å². The molecule has 54 valence electrons. The zero-order chi connectivity index (χ0) is 6.91. The molecule has 0 radical (unpaired) electrons. The average Bonchev–Trinajstić information content (AvgIpc) is 1.60. The molecule has 1 aliphatic heterocycles. The summed E-state index contributed by atoms with van der Waals surface area (Å²) < 4.78 is 5.68. The Morgan fingerprint density at radius 2 is 2.22 bits per heavy atom. The Balaban J connectivity index is 2.41. The minimum atomic E-state index is -1.23. The summed E-state index contributed by atoms with van der Waals surface area (Å²) in [5.41, 5.74) is 0.236. The maximum absolute atomic E-state index is 5.68. The Labute approximate surface area is 63.3 Å². The lowest BCUT2D eigenvalue weighted by atomic mass is 10.3. The van der Waals surface area contributed by atoms with E-state index in [0.717, 1.165) is 6.42 Å². The maximum Gasteiger partial charge on any atom is 0.188 e. The highest BCUT2D eigenvalue weighted by Crippen LogP contribution is 2.26. The lowest BCUT2D eigenvalue weighted by Gasteiger charge is -2.31. The van der Waals surface area contributed by atoms with Crippen molar-refractivity contribution in [2.45, 2.75) is 37.4 Å². The quantitative estimate of drug-likeness (QED) is 0.424. The standard InChI is InChI=1S/C6H14OSSi/c1-9(2)5-3-4-6(8)7-9/h6,8H,3-5H2,1-2H3. The molecule has 0 amide bonds. The van der Waals surface area contributed by atoms with Gasteiger partial charge in [-0.05, 0) is 25.6 Å². The Bertz CT molecular complexity index is 105. The van der Waals surface area contributed by atoms with Gasteiger partial charge >= 0.3 is 0 Å². The summed E-state index contributed by atoms with van der Waals surface area (Å²) in [6.45, 7) is 4.52. The molecule has 1 atom stereocenters. The van der Waals surface area contributed by atoms with Crippen LogP contribution >= 0.6 is 12.6 Å². The Morgan fingerprint density at radius 3 is 2.56 bits per heavy atom. The molecular weight excluding hydrogens is 148 g/mol. The van der Waals surface area contributed by atoms with Crippen molar-refractivity contribution in [2.75, 3.05) is 0 Å². The molecule has 0 aromatic rings. The molecule has 1 unspecified atom stereocenters. The van der Waals surface area contributed by atoms with Gasteiger partial charge in [0.2, 0.25) is 0 Å². The zero-order valence-electron chi connectivity index (χ0n) is 6.05. The molecule has 9 heavy (non-hydrogen) atoms. The number of thiol groups is 1. The van der Waals surface area contributed by atoms with Crippen LogP contribution in [0.1, 0.15) is 12.8 Å². The van der Waals surface area contributed by atoms with Crippen LogP contribution in [0.2, 0.25) is 19.1 Å². The topological polar surface area (TPSA) is 9.23 Å². The molecule has 3 heteroatoms. The fourth-order valence-electron chi connectivity index (χ4n) is 1.19. The van der Waals surface area contributed by atoms with Crippen LogP contribution < -0.4 is 0 Å². The van der Waals surface area contributed by atoms with Gasteiger partial charge < -0.3 is 4.43 Å². The first kappa shape index (κ1) is 7.63. The fourth-order valence-corrected chi connectivity index (χ4v) is 4.25. The second kappa shape index (κ2) is 2.64. The molecule has 0 saturated carbocycles. The third kappa shape index (κ3) is 2.31. The molecular formula is C6H14OSSi. The molecule has 0 aromatic heterocycles. The van der Waals surface area contributed by atoms with Crippen molar-refractivity contribution in [3.05, 3.63) is 0 Å². The van der Waals surface area contributed by atoms with E-state index >= 15 is 0 Å². The van der Waals surface area contributed by atoms with Gasteiger partial charge in [-0.1, -0.05) is 6.42 Å². The highest BCUT2D eigenvalue weighted by molar-refractivity contribution is 7.80. The second-order valence-corrected chi connectivity index (χ2v) is 8.06. The molecule has 1 saturated heterocycles. The number of hydrogen-bond acceptors (Lipinski definition) is 2. The van der Waals surface area contributed by atoms with Gasteiger partial charge in [-0.15, -0.1) is 12.6 Å². The highest BCUT2D eigenvalue weighted by atomic mass is 32.1. The van der Waals surface area contributed by atoms with Crippen LogP contribution in [0.4, 0.5) is 0 Å². The minimum absolute atomic E-state index is 0.236. The van der Waals surface area contributed by atoms with Crippen LogP contribution in [0.3, 0.4) is 0 Å². The lowest BCUT2D eigenvalue weighted by molar-refractivity contribution is 0.244. The molecule has 0 N–H and O–H groups in total. The van der Waals surface area contributed by atoms with Crippen molar-refractivity contribution >= 4 is 20.9 Å². The summed E-state index contributed by atoms with van der Waals surface area (Å²) in [7, 11) is -1.23. The molecule has 1 aliphatic rings. The number of rotatable bonds is 0. The smallest absolute Gasteiger partial charge is 0.188 e. The highest BCUT2D eigenvalue weighted by Gasteiger charge is 2.28. The first-order chi connectivity index (χ1) is 4.10. The Hall–Kier alpha value is 0.527. The molecule has 1 nitrogen and oxygen atoms in total. The van der Waals surface area contributed by atoms with Gasteiger partial charge in [0, 0.05) is 0 Å². The van der Waals surface area contributed by atoms with Gasteiger partial charge in [0.05, 0.1) is 5.44 Å². The SMILES string of the molecule is C[Si]1(C)CCCC(S)O1. The second-order valence-electron chi connectivity index (χ2n) is 3.22. The van der Waals surface area contributed by atoms with Crippen LogP contribution in [-0.4, -0.2) is 13.8 Å². The van der Waals surface area contributed by atoms with E-state index in [2.05, 4.69) is 25.7 Å². The van der Waals surface area contributed by atoms with E-state index in [4.69, 9.17) is 4.43 Å². The van der Waals surface area contributed by atoms with E-state index in [-0.39, 0.29) is 5.44 Å². The Kier molecular flexibility index (Phi) is 2.24. The third-order valence-corrected chi connectivity index (χ3v) is 4.73. The van der Waals surface area contributed by atoms with Gasteiger partial charge in [-0.25, -0.2) is 0 Å². The van der Waals surface area contributed by atoms with Crippen molar-refractivity contribution in [1.29, 1.82) is 0 Å². The van der Waals surface area contributed by atoms with Crippen LogP contribution in [0.25, 0.3) is 0 Å². The molecule has 0 bridgehead atoms. The summed E-state index contributed by atoms with van der Waals surface area (Å²) in [4.78, 5) is 0. The van der Waals surface area contributed by atoms with Crippen LogP contribution in [0.15, 0.2) is 0 Å². The summed E-state index contributed by atoms with van der Waals surface area (Å²) in [5.74, 6) is 0. The largest absolute Gasteiger partial charge is 0.406 e. The summed E-state index contributed by atoms with van der Waals surface area (Å²) in [5, 5.41) is 0. The summed E-state index contributed by atoms with van der Waals surface area (Å²) >= 11 is 4.29. The zero-order valence-corrected chi connectivity index (χ0v) is 7.95. The Morgan fingerprint density at radius 1 is 1.56 bits per heavy atom. The van der Waals surface area contributed by atoms with E-state index in [1.165, 1.54) is 12.5 Å². The van der Waals surface area contributed by atoms with Gasteiger partial charge in [-0.2, -0.15) is 0 Å². The first-order valence-corrected chi connectivity index (χ1v) is 7.09. The van der Waals surface area contributed by atoms with Gasteiger partial charge in [0.25, 0.3) is 0 Å². The third-order valence-electron chi connectivity index (χ3n) is 1.68. The lowest BCUT2D eigenvalue weighted by Crippen LogP contribution is -2.37. The van der Waals surface area contributed by atoms with E-state index in [9.17, 15) is 0 Å². The molecule has 1 rings (SSSR count). The first-order valence-electron chi connectivity index (χ1n) is 3.46. The molecule has 0 aromatic carbocycles. The van der Waals surface area contributed by atoms with Crippen LogP contribution in [0.5, 0.6) is 0 Å². The monoisotopic (exact) mass is 162 g/mol. The molecule has 1 heterocycles. The van der Waals surface area contributed by atoms with Crippen molar-refractivity contribution < 1.29 is 4.43 Å². The fraction of sp³-hybridized carbons (Fsp3) is 1.00. The van der Waals surface area contributed by atoms with Crippen LogP contribution in [-0.2, 0) is 4.43 Å². The van der Waals surface area contributed by atoms with E-state index in [1.54, 1.807) is 0 Å². The van der Waals surface area contributed by atoms with Gasteiger partial charge in [-0.3, -0.25) is 0 Å². The van der Waals surface area contributed by atoms with Gasteiger partial charge in [0.15, 0.2) is 8.32 Å².